The fourth-order valence-corrected chi connectivity index (χ4v) is 4.19. The van der Waals surface area contributed by atoms with Gasteiger partial charge in [0.25, 0.3) is 0 Å². The van der Waals surface area contributed by atoms with Crippen LogP contribution in [0.4, 0.5) is 0 Å². The van der Waals surface area contributed by atoms with E-state index in [1.165, 1.54) is 50.0 Å². The van der Waals surface area contributed by atoms with Crippen molar-refractivity contribution in [2.75, 3.05) is 40.4 Å². The Kier molecular flexibility index (Phi) is 12.9. The topological polar surface area (TPSA) is 66.7 Å². The molecule has 2 heterocycles. The molecule has 30 heavy (non-hydrogen) atoms. The third kappa shape index (κ3) is 8.00. The van der Waals surface area contributed by atoms with Crippen molar-refractivity contribution in [3.63, 3.8) is 0 Å². The smallest absolute Gasteiger partial charge is 0.191 e. The van der Waals surface area contributed by atoms with Crippen LogP contribution in [0.3, 0.4) is 0 Å². The molecule has 1 aromatic rings. The largest absolute Gasteiger partial charge is 0.383 e. The van der Waals surface area contributed by atoms with Crippen LogP contribution in [0.15, 0.2) is 4.99 Å². The molecule has 174 valence electrons. The van der Waals surface area contributed by atoms with Crippen molar-refractivity contribution in [1.82, 2.24) is 25.3 Å². The summed E-state index contributed by atoms with van der Waals surface area (Å²) in [6, 6.07) is 0.534. The molecule has 1 unspecified atom stereocenters. The first-order chi connectivity index (χ1) is 14.0. The van der Waals surface area contributed by atoms with E-state index in [0.29, 0.717) is 18.6 Å². The van der Waals surface area contributed by atoms with E-state index in [4.69, 9.17) is 4.74 Å². The van der Waals surface area contributed by atoms with E-state index in [2.05, 4.69) is 53.3 Å². The molecule has 1 atom stereocenters. The minimum atomic E-state index is 0. The predicted molar refractivity (Wildman–Crippen MR) is 136 cm³/mol. The highest BCUT2D eigenvalue weighted by atomic mass is 127. The van der Waals surface area contributed by atoms with Gasteiger partial charge in [0, 0.05) is 44.5 Å². The second-order valence-corrected chi connectivity index (χ2v) is 8.43. The fraction of sp³-hybridized carbons (Fsp3) is 0.818. The molecule has 1 aromatic heterocycles. The molecule has 2 N–H and O–H groups in total. The van der Waals surface area contributed by atoms with Crippen LogP contribution >= 0.6 is 24.0 Å². The Morgan fingerprint density at radius 3 is 2.37 bits per heavy atom. The number of aliphatic imine (C=N–C) groups is 1. The van der Waals surface area contributed by atoms with Crippen LogP contribution in [-0.4, -0.2) is 67.1 Å². The van der Waals surface area contributed by atoms with Crippen molar-refractivity contribution >= 4 is 29.9 Å². The number of hydrogen-bond acceptors (Lipinski definition) is 4. The predicted octanol–water partition coefficient (Wildman–Crippen LogP) is 3.33. The van der Waals surface area contributed by atoms with E-state index in [-0.39, 0.29) is 24.0 Å². The lowest BCUT2D eigenvalue weighted by Gasteiger charge is -2.34. The van der Waals surface area contributed by atoms with Crippen LogP contribution in [0.25, 0.3) is 0 Å². The van der Waals surface area contributed by atoms with E-state index in [9.17, 15) is 0 Å². The Balaban J connectivity index is 0.00000450. The summed E-state index contributed by atoms with van der Waals surface area (Å²) in [5.41, 5.74) is 3.48. The molecule has 8 heteroatoms. The van der Waals surface area contributed by atoms with E-state index in [0.717, 1.165) is 31.3 Å². The zero-order chi connectivity index (χ0) is 21.2. The molecule has 7 nitrogen and oxygen atoms in total. The summed E-state index contributed by atoms with van der Waals surface area (Å²) >= 11 is 0. The van der Waals surface area contributed by atoms with Gasteiger partial charge in [-0.15, -0.1) is 24.0 Å². The summed E-state index contributed by atoms with van der Waals surface area (Å²) in [7, 11) is 3.56. The zero-order valence-corrected chi connectivity index (χ0v) is 22.2. The average Bonchev–Trinajstić information content (AvgIpc) is 2.87. The number of aryl methyl sites for hydroxylation is 1. The van der Waals surface area contributed by atoms with Crippen molar-refractivity contribution in [1.29, 1.82) is 0 Å². The fourth-order valence-electron chi connectivity index (χ4n) is 4.19. The van der Waals surface area contributed by atoms with Gasteiger partial charge in [-0.1, -0.05) is 26.7 Å². The molecule has 0 saturated carbocycles. The van der Waals surface area contributed by atoms with Crippen LogP contribution < -0.4 is 10.6 Å². The summed E-state index contributed by atoms with van der Waals surface area (Å²) in [6.45, 7) is 14.4. The van der Waals surface area contributed by atoms with Gasteiger partial charge in [0.1, 0.15) is 0 Å². The number of rotatable bonds is 9. The van der Waals surface area contributed by atoms with Gasteiger partial charge in [-0.3, -0.25) is 14.6 Å². The van der Waals surface area contributed by atoms with Gasteiger partial charge in [-0.2, -0.15) is 5.10 Å². The number of likely N-dealkylation sites (tertiary alicyclic amines) is 1. The second-order valence-electron chi connectivity index (χ2n) is 8.43. The monoisotopic (exact) mass is 534 g/mol. The lowest BCUT2D eigenvalue weighted by atomic mass is 10.0. The first kappa shape index (κ1) is 27.2. The van der Waals surface area contributed by atoms with Crippen molar-refractivity contribution in [3.8, 4) is 0 Å². The molecule has 1 aliphatic rings. The van der Waals surface area contributed by atoms with Gasteiger partial charge >= 0.3 is 0 Å². The van der Waals surface area contributed by atoms with E-state index in [1.54, 1.807) is 7.11 Å². The summed E-state index contributed by atoms with van der Waals surface area (Å²) in [4.78, 5) is 7.12. The van der Waals surface area contributed by atoms with Gasteiger partial charge in [-0.25, -0.2) is 0 Å². The minimum absolute atomic E-state index is 0. The highest BCUT2D eigenvalue weighted by Gasteiger charge is 2.23. The molecule has 0 radical (unpaired) electrons. The van der Waals surface area contributed by atoms with Crippen LogP contribution in [0, 0.1) is 19.8 Å². The molecule has 1 saturated heterocycles. The lowest BCUT2D eigenvalue weighted by Crippen LogP contribution is -2.49. The Bertz CT molecular complexity index is 638. The summed E-state index contributed by atoms with van der Waals surface area (Å²) in [5, 5.41) is 11.7. The number of hydrogen-bond donors (Lipinski definition) is 2. The third-order valence-electron chi connectivity index (χ3n) is 6.05. The number of methoxy groups -OCH3 is 1. The Labute approximate surface area is 200 Å². The van der Waals surface area contributed by atoms with Crippen LogP contribution in [0.5, 0.6) is 0 Å². The first-order valence-electron chi connectivity index (χ1n) is 11.2. The molecule has 0 bridgehead atoms. The summed E-state index contributed by atoms with van der Waals surface area (Å²) < 4.78 is 7.22. The maximum atomic E-state index is 5.19. The number of nitrogens with one attached hydrogen (secondary N) is 2. The minimum Gasteiger partial charge on any atom is -0.383 e. The molecular weight excluding hydrogens is 491 g/mol. The maximum absolute atomic E-state index is 5.19. The van der Waals surface area contributed by atoms with Crippen molar-refractivity contribution in [3.05, 3.63) is 17.0 Å². The van der Waals surface area contributed by atoms with Gasteiger partial charge in [0.15, 0.2) is 5.96 Å². The van der Waals surface area contributed by atoms with E-state index >= 15 is 0 Å². The van der Waals surface area contributed by atoms with Gasteiger partial charge in [0.05, 0.1) is 18.8 Å². The SMILES string of the molecule is CN=C(NCc1c(C)nn(CCOC)c1C)NCC(C(C)C)N1CCCCCC1.I. The van der Waals surface area contributed by atoms with Crippen LogP contribution in [0.2, 0.25) is 0 Å². The second kappa shape index (κ2) is 14.2. The van der Waals surface area contributed by atoms with Gasteiger partial charge < -0.3 is 15.4 Å². The van der Waals surface area contributed by atoms with Gasteiger partial charge in [-0.05, 0) is 45.7 Å². The molecule has 0 amide bonds. The highest BCUT2D eigenvalue weighted by Crippen LogP contribution is 2.17. The van der Waals surface area contributed by atoms with Crippen molar-refractivity contribution in [2.45, 2.75) is 72.5 Å². The molecule has 1 aliphatic heterocycles. The number of guanidine groups is 1. The average molecular weight is 535 g/mol. The standard InChI is InChI=1S/C22H42N6O.HI/c1-17(2)21(27-11-9-7-8-10-12-27)16-25-22(23-5)24-15-20-18(3)26-28(19(20)4)13-14-29-6;/h17,21H,7-16H2,1-6H3,(H2,23,24,25);1H. The maximum Gasteiger partial charge on any atom is 0.191 e. The lowest BCUT2D eigenvalue weighted by molar-refractivity contribution is 0.161. The van der Waals surface area contributed by atoms with Gasteiger partial charge in [0.2, 0.25) is 0 Å². The molecular formula is C22H43IN6O. The van der Waals surface area contributed by atoms with Crippen LogP contribution in [0.1, 0.15) is 56.5 Å². The molecule has 0 spiro atoms. The number of aromatic nitrogens is 2. The molecule has 2 rings (SSSR count). The highest BCUT2D eigenvalue weighted by molar-refractivity contribution is 14.0. The Hall–Kier alpha value is -0.870. The first-order valence-corrected chi connectivity index (χ1v) is 11.2. The van der Waals surface area contributed by atoms with Crippen molar-refractivity contribution < 1.29 is 4.74 Å². The van der Waals surface area contributed by atoms with E-state index < -0.39 is 0 Å². The Morgan fingerprint density at radius 2 is 1.80 bits per heavy atom. The quantitative estimate of drug-likeness (QED) is 0.289. The summed E-state index contributed by atoms with van der Waals surface area (Å²) in [5.74, 6) is 1.47. The molecule has 0 aromatic carbocycles. The number of halogens is 1. The molecule has 0 aliphatic carbocycles. The zero-order valence-electron chi connectivity index (χ0n) is 19.8. The Morgan fingerprint density at radius 1 is 1.13 bits per heavy atom. The van der Waals surface area contributed by atoms with Crippen LogP contribution in [-0.2, 0) is 17.8 Å². The number of nitrogens with zero attached hydrogens (tertiary/aromatic N) is 4. The van der Waals surface area contributed by atoms with Crippen molar-refractivity contribution in [2.24, 2.45) is 10.9 Å². The molecule has 1 fully saturated rings. The summed E-state index contributed by atoms with van der Waals surface area (Å²) in [6.07, 6.45) is 5.38. The number of ether oxygens (including phenoxy) is 1. The third-order valence-corrected chi connectivity index (χ3v) is 6.05. The van der Waals surface area contributed by atoms with E-state index in [1.807, 2.05) is 11.7 Å². The normalized spacial score (nSPS) is 16.8.